The third-order valence-corrected chi connectivity index (χ3v) is 7.12. The molecule has 1 aromatic carbocycles. The molecule has 0 aliphatic rings. The number of anilines is 1. The number of hydrogen-bond acceptors (Lipinski definition) is 7. The third-order valence-electron chi connectivity index (χ3n) is 4.13. The fourth-order valence-corrected chi connectivity index (χ4v) is 4.27. The van der Waals surface area contributed by atoms with Gasteiger partial charge < -0.3 is 10.6 Å². The van der Waals surface area contributed by atoms with Crippen molar-refractivity contribution < 1.29 is 26.8 Å². The van der Waals surface area contributed by atoms with Gasteiger partial charge in [0.05, 0.1) is 17.1 Å². The average molecular weight is 497 g/mol. The molecule has 8 nitrogen and oxygen atoms in total. The molecule has 1 unspecified atom stereocenters. The van der Waals surface area contributed by atoms with Gasteiger partial charge >= 0.3 is 5.25 Å². The van der Waals surface area contributed by atoms with Gasteiger partial charge in [-0.15, -0.1) is 11.3 Å². The van der Waals surface area contributed by atoms with Crippen molar-refractivity contribution in [2.24, 2.45) is 4.99 Å². The van der Waals surface area contributed by atoms with E-state index in [4.69, 9.17) is 0 Å². The second-order valence-electron chi connectivity index (χ2n) is 6.75. The van der Waals surface area contributed by atoms with Crippen molar-refractivity contribution in [3.63, 3.8) is 0 Å². The van der Waals surface area contributed by atoms with Gasteiger partial charge in [0.15, 0.2) is 0 Å². The van der Waals surface area contributed by atoms with Crippen molar-refractivity contribution in [1.82, 2.24) is 10.3 Å². The Labute approximate surface area is 194 Å². The Balaban J connectivity index is 2.14. The number of rotatable bonds is 9. The predicted molar refractivity (Wildman–Crippen MR) is 123 cm³/mol. The van der Waals surface area contributed by atoms with Gasteiger partial charge in [0, 0.05) is 18.8 Å². The summed E-state index contributed by atoms with van der Waals surface area (Å²) in [6, 6.07) is 4.06. The van der Waals surface area contributed by atoms with Crippen LogP contribution in [0.3, 0.4) is 0 Å². The molecule has 176 valence electrons. The molecular formula is C21H22F2N4O4S2. The third kappa shape index (κ3) is 6.39. The highest BCUT2D eigenvalue weighted by molar-refractivity contribution is 7.92. The van der Waals surface area contributed by atoms with E-state index in [0.29, 0.717) is 5.01 Å². The van der Waals surface area contributed by atoms with Crippen molar-refractivity contribution in [3.05, 3.63) is 65.3 Å². The standard InChI is InChI=1S/C21H22F2N4O4S2/c1-5-8-16(24-6-2)18(28)26-13(3)20-25-12-17(32-20)19(29)27-14-9-7-10-15(11-14)33(30,31)21(4,22)23/h5-13H,2H2,1,3-4H3,(H,26,28)(H,27,29)/b8-5-,24-16+. The van der Waals surface area contributed by atoms with Crippen molar-refractivity contribution in [1.29, 1.82) is 0 Å². The molecule has 0 saturated carbocycles. The molecule has 12 heteroatoms. The van der Waals surface area contributed by atoms with E-state index in [9.17, 15) is 26.8 Å². The fourth-order valence-electron chi connectivity index (χ4n) is 2.50. The maximum Gasteiger partial charge on any atom is 0.347 e. The first kappa shape index (κ1) is 26.0. The number of amides is 2. The lowest BCUT2D eigenvalue weighted by atomic mass is 10.2. The van der Waals surface area contributed by atoms with Gasteiger partial charge in [-0.25, -0.2) is 13.4 Å². The summed E-state index contributed by atoms with van der Waals surface area (Å²) < 4.78 is 50.7. The quantitative estimate of drug-likeness (QED) is 0.507. The number of allylic oxidation sites excluding steroid dienone is 1. The smallest absolute Gasteiger partial charge is 0.342 e. The highest BCUT2D eigenvalue weighted by Crippen LogP contribution is 2.30. The molecule has 33 heavy (non-hydrogen) atoms. The summed E-state index contributed by atoms with van der Waals surface area (Å²) >= 11 is 1.01. The summed E-state index contributed by atoms with van der Waals surface area (Å²) in [4.78, 5) is 32.5. The molecule has 1 aromatic heterocycles. The van der Waals surface area contributed by atoms with Crippen LogP contribution in [0.5, 0.6) is 0 Å². The highest BCUT2D eigenvalue weighted by atomic mass is 32.2. The van der Waals surface area contributed by atoms with E-state index < -0.39 is 37.8 Å². The Morgan fingerprint density at radius 2 is 2.03 bits per heavy atom. The summed E-state index contributed by atoms with van der Waals surface area (Å²) in [6.45, 7) is 7.17. The molecule has 2 aromatic rings. The van der Waals surface area contributed by atoms with E-state index in [1.807, 2.05) is 0 Å². The Kier molecular flexibility index (Phi) is 8.34. The first-order chi connectivity index (χ1) is 15.4. The summed E-state index contributed by atoms with van der Waals surface area (Å²) in [5.74, 6) is -1.06. The number of thiazole rings is 1. The van der Waals surface area contributed by atoms with E-state index in [1.54, 1.807) is 19.9 Å². The summed E-state index contributed by atoms with van der Waals surface area (Å²) in [5, 5.41) is 1.65. The molecule has 2 amide bonds. The van der Waals surface area contributed by atoms with Crippen LogP contribution in [0.2, 0.25) is 0 Å². The minimum atomic E-state index is -4.89. The monoisotopic (exact) mass is 496 g/mol. The minimum Gasteiger partial charge on any atom is -0.342 e. The lowest BCUT2D eigenvalue weighted by Crippen LogP contribution is -2.32. The fraction of sp³-hybridized carbons (Fsp3) is 0.238. The molecule has 0 saturated heterocycles. The van der Waals surface area contributed by atoms with Gasteiger partial charge in [-0.1, -0.05) is 18.7 Å². The number of carbonyl (C=O) groups excluding carboxylic acids is 2. The number of benzene rings is 1. The van der Waals surface area contributed by atoms with E-state index >= 15 is 0 Å². The van der Waals surface area contributed by atoms with Gasteiger partial charge in [0.1, 0.15) is 15.6 Å². The molecule has 0 radical (unpaired) electrons. The maximum absolute atomic E-state index is 13.4. The van der Waals surface area contributed by atoms with Gasteiger partial charge in [0.25, 0.3) is 11.8 Å². The van der Waals surface area contributed by atoms with Gasteiger partial charge in [-0.3, -0.25) is 14.6 Å². The number of halogens is 2. The van der Waals surface area contributed by atoms with Gasteiger partial charge in [0.2, 0.25) is 9.84 Å². The van der Waals surface area contributed by atoms with Crippen LogP contribution in [0.15, 0.2) is 65.3 Å². The largest absolute Gasteiger partial charge is 0.347 e. The lowest BCUT2D eigenvalue weighted by Gasteiger charge is -2.13. The zero-order valence-corrected chi connectivity index (χ0v) is 19.6. The highest BCUT2D eigenvalue weighted by Gasteiger charge is 2.40. The van der Waals surface area contributed by atoms with Crippen LogP contribution in [0.1, 0.15) is 41.5 Å². The zero-order valence-electron chi connectivity index (χ0n) is 18.0. The Morgan fingerprint density at radius 1 is 1.33 bits per heavy atom. The molecule has 2 rings (SSSR count). The molecule has 2 N–H and O–H groups in total. The van der Waals surface area contributed by atoms with E-state index in [0.717, 1.165) is 23.5 Å². The Hall–Kier alpha value is -3.25. The molecule has 1 heterocycles. The normalized spacial score (nSPS) is 13.5. The maximum atomic E-state index is 13.4. The Bertz CT molecular complexity index is 1210. The second-order valence-corrected chi connectivity index (χ2v) is 10.0. The molecule has 0 spiro atoms. The summed E-state index contributed by atoms with van der Waals surface area (Å²) in [5.41, 5.74) is 0.180. The molecule has 0 bridgehead atoms. The van der Waals surface area contributed by atoms with Crippen LogP contribution in [0.25, 0.3) is 0 Å². The van der Waals surface area contributed by atoms with Crippen LogP contribution in [-0.4, -0.2) is 36.2 Å². The number of nitrogens with zero attached hydrogens (tertiary/aromatic N) is 2. The molecule has 1 atom stereocenters. The number of alkyl halides is 2. The molecule has 0 aliphatic heterocycles. The summed E-state index contributed by atoms with van der Waals surface area (Å²) in [7, 11) is -4.89. The number of aromatic nitrogens is 1. The van der Waals surface area contributed by atoms with Crippen LogP contribution >= 0.6 is 11.3 Å². The van der Waals surface area contributed by atoms with Crippen molar-refractivity contribution in [2.45, 2.75) is 37.0 Å². The van der Waals surface area contributed by atoms with Crippen LogP contribution in [0, 0.1) is 0 Å². The lowest BCUT2D eigenvalue weighted by molar-refractivity contribution is -0.115. The number of aliphatic imine (C=N–C) groups is 1. The number of carbonyl (C=O) groups is 2. The van der Waals surface area contributed by atoms with Gasteiger partial charge in [-0.05, 0) is 38.1 Å². The van der Waals surface area contributed by atoms with Crippen LogP contribution in [0.4, 0.5) is 14.5 Å². The Morgan fingerprint density at radius 3 is 2.64 bits per heavy atom. The van der Waals surface area contributed by atoms with Crippen LogP contribution in [-0.2, 0) is 14.6 Å². The first-order valence-electron chi connectivity index (χ1n) is 9.52. The van der Waals surface area contributed by atoms with E-state index in [2.05, 4.69) is 27.2 Å². The van der Waals surface area contributed by atoms with Crippen molar-refractivity contribution in [2.75, 3.05) is 5.32 Å². The van der Waals surface area contributed by atoms with Gasteiger partial charge in [-0.2, -0.15) is 8.78 Å². The summed E-state index contributed by atoms with van der Waals surface area (Å²) in [6.07, 6.45) is 5.71. The number of sulfone groups is 1. The van der Waals surface area contributed by atoms with E-state index in [-0.39, 0.29) is 23.2 Å². The molecular weight excluding hydrogens is 474 g/mol. The topological polar surface area (TPSA) is 118 Å². The zero-order chi connectivity index (χ0) is 24.8. The van der Waals surface area contributed by atoms with Crippen molar-refractivity contribution >= 4 is 44.4 Å². The SMILES string of the molecule is C=C/N=C(\C=C/C)C(=O)NC(C)c1ncc(C(=O)Nc2cccc(S(=O)(=O)C(C)(F)F)c2)s1. The molecule has 0 fully saturated rings. The molecule has 0 aliphatic carbocycles. The first-order valence-corrected chi connectivity index (χ1v) is 11.8. The number of hydrogen-bond donors (Lipinski definition) is 2. The second kappa shape index (κ2) is 10.6. The predicted octanol–water partition coefficient (Wildman–Crippen LogP) is 4.12. The average Bonchev–Trinajstić information content (AvgIpc) is 3.23. The van der Waals surface area contributed by atoms with Crippen LogP contribution < -0.4 is 10.6 Å². The minimum absolute atomic E-state index is 0.0262. The van der Waals surface area contributed by atoms with E-state index in [1.165, 1.54) is 30.6 Å². The number of nitrogens with one attached hydrogen (secondary N) is 2. The van der Waals surface area contributed by atoms with Crippen molar-refractivity contribution in [3.8, 4) is 0 Å².